The summed E-state index contributed by atoms with van der Waals surface area (Å²) in [6.45, 7) is 9.15. The number of hydrogen-bond donors (Lipinski definition) is 1. The molecule has 0 bridgehead atoms. The van der Waals surface area contributed by atoms with E-state index in [4.69, 9.17) is 0 Å². The summed E-state index contributed by atoms with van der Waals surface area (Å²) in [6.07, 6.45) is 1.33. The van der Waals surface area contributed by atoms with Gasteiger partial charge in [-0.2, -0.15) is 0 Å². The maximum Gasteiger partial charge on any atom is 0.264 e. The number of aryl methyl sites for hydroxylation is 1. The molecule has 3 rings (SSSR count). The normalized spacial score (nSPS) is 12.4. The summed E-state index contributed by atoms with van der Waals surface area (Å²) >= 11 is 0. The van der Waals surface area contributed by atoms with E-state index in [1.165, 1.54) is 17.0 Å². The number of carbonyl (C=O) groups excluding carboxylic acids is 2. The molecule has 1 atom stereocenters. The number of nitrogens with zero attached hydrogens (tertiary/aromatic N) is 2. The molecule has 0 unspecified atom stereocenters. The van der Waals surface area contributed by atoms with Crippen LogP contribution >= 0.6 is 0 Å². The van der Waals surface area contributed by atoms with Crippen molar-refractivity contribution in [1.82, 2.24) is 10.2 Å². The van der Waals surface area contributed by atoms with Crippen molar-refractivity contribution in [3.63, 3.8) is 0 Å². The Hall–Kier alpha value is -3.65. The van der Waals surface area contributed by atoms with Gasteiger partial charge in [0.15, 0.2) is 0 Å². The lowest BCUT2D eigenvalue weighted by molar-refractivity contribution is -0.139. The summed E-state index contributed by atoms with van der Waals surface area (Å²) in [4.78, 5) is 28.6. The molecule has 0 spiro atoms. The third-order valence-corrected chi connectivity index (χ3v) is 8.18. The van der Waals surface area contributed by atoms with Crippen LogP contribution in [-0.2, 0) is 32.5 Å². The first-order chi connectivity index (χ1) is 18.4. The Balaban J connectivity index is 1.97. The summed E-state index contributed by atoms with van der Waals surface area (Å²) in [5, 5.41) is 2.94. The van der Waals surface area contributed by atoms with Gasteiger partial charge in [0.2, 0.25) is 11.8 Å². The number of sulfonamides is 1. The van der Waals surface area contributed by atoms with Gasteiger partial charge >= 0.3 is 0 Å². The van der Waals surface area contributed by atoms with Crippen molar-refractivity contribution in [2.45, 2.75) is 63.9 Å². The van der Waals surface area contributed by atoms with Crippen molar-refractivity contribution in [1.29, 1.82) is 0 Å². The highest BCUT2D eigenvalue weighted by atomic mass is 32.2. The summed E-state index contributed by atoms with van der Waals surface area (Å²) in [5.74, 6) is -0.754. The molecule has 3 aromatic rings. The molecule has 0 saturated carbocycles. The average Bonchev–Trinajstić information content (AvgIpc) is 2.92. The highest BCUT2D eigenvalue weighted by Crippen LogP contribution is 2.25. The van der Waals surface area contributed by atoms with Crippen LogP contribution in [0.1, 0.15) is 45.7 Å². The van der Waals surface area contributed by atoms with Crippen LogP contribution in [-0.4, -0.2) is 49.8 Å². The molecule has 8 heteroatoms. The van der Waals surface area contributed by atoms with Gasteiger partial charge in [0.05, 0.1) is 10.6 Å². The summed E-state index contributed by atoms with van der Waals surface area (Å²) in [5.41, 5.74) is 1.98. The van der Waals surface area contributed by atoms with E-state index in [0.29, 0.717) is 12.1 Å². The number of anilines is 1. The number of rotatable bonds is 11. The molecule has 208 valence electrons. The molecule has 3 aromatic carbocycles. The van der Waals surface area contributed by atoms with E-state index in [2.05, 4.69) is 5.32 Å². The van der Waals surface area contributed by atoms with E-state index in [1.807, 2.05) is 70.2 Å². The molecule has 0 aromatic heterocycles. The van der Waals surface area contributed by atoms with Crippen molar-refractivity contribution in [2.24, 2.45) is 0 Å². The van der Waals surface area contributed by atoms with E-state index in [1.54, 1.807) is 37.3 Å². The zero-order valence-electron chi connectivity index (χ0n) is 23.4. The maximum absolute atomic E-state index is 13.9. The molecule has 0 radical (unpaired) electrons. The molecular formula is C31H39N3O4S. The fraction of sp³-hybridized carbons (Fsp3) is 0.355. The van der Waals surface area contributed by atoms with Crippen LogP contribution in [0.3, 0.4) is 0 Å². The van der Waals surface area contributed by atoms with Crippen LogP contribution in [0, 0.1) is 0 Å². The van der Waals surface area contributed by atoms with Gasteiger partial charge in [-0.25, -0.2) is 8.42 Å². The van der Waals surface area contributed by atoms with Crippen LogP contribution < -0.4 is 9.62 Å². The second kappa shape index (κ2) is 12.9. The number of amides is 2. The van der Waals surface area contributed by atoms with E-state index >= 15 is 0 Å². The monoisotopic (exact) mass is 549 g/mol. The largest absolute Gasteiger partial charge is 0.350 e. The van der Waals surface area contributed by atoms with Gasteiger partial charge in [-0.1, -0.05) is 67.6 Å². The molecule has 0 fully saturated rings. The van der Waals surface area contributed by atoms with Crippen LogP contribution in [0.25, 0.3) is 0 Å². The number of carbonyl (C=O) groups is 2. The Labute approximate surface area is 232 Å². The molecule has 1 N–H and O–H groups in total. The van der Waals surface area contributed by atoms with E-state index in [0.717, 1.165) is 21.9 Å². The zero-order valence-corrected chi connectivity index (χ0v) is 24.2. The molecule has 7 nitrogen and oxygen atoms in total. The molecule has 39 heavy (non-hydrogen) atoms. The van der Waals surface area contributed by atoms with Crippen LogP contribution in [0.15, 0.2) is 89.8 Å². The molecule has 2 amide bonds. The number of nitrogens with one attached hydrogen (secondary N) is 1. The smallest absolute Gasteiger partial charge is 0.264 e. The fourth-order valence-corrected chi connectivity index (χ4v) is 5.63. The minimum absolute atomic E-state index is 0.0896. The first kappa shape index (κ1) is 29.9. The highest BCUT2D eigenvalue weighted by Gasteiger charge is 2.33. The zero-order chi connectivity index (χ0) is 28.6. The lowest BCUT2D eigenvalue weighted by Gasteiger charge is -2.33. The van der Waals surface area contributed by atoms with Gasteiger partial charge in [0.1, 0.15) is 12.6 Å². The minimum atomic E-state index is -4.06. The third kappa shape index (κ3) is 8.17. The first-order valence-corrected chi connectivity index (χ1v) is 14.7. The number of benzene rings is 3. The Bertz CT molecular complexity index is 1340. The van der Waals surface area contributed by atoms with Gasteiger partial charge in [-0.05, 0) is 75.9 Å². The van der Waals surface area contributed by atoms with Gasteiger partial charge in [0.25, 0.3) is 10.0 Å². The first-order valence-electron chi connectivity index (χ1n) is 13.2. The number of hydrogen-bond acceptors (Lipinski definition) is 4. The van der Waals surface area contributed by atoms with Gasteiger partial charge in [-0.3, -0.25) is 13.9 Å². The van der Waals surface area contributed by atoms with E-state index < -0.39 is 34.1 Å². The highest BCUT2D eigenvalue weighted by molar-refractivity contribution is 7.92. The molecule has 0 aliphatic rings. The summed E-state index contributed by atoms with van der Waals surface area (Å²) in [6, 6.07) is 24.1. The van der Waals surface area contributed by atoms with Crippen molar-refractivity contribution in [3.05, 3.63) is 96.1 Å². The molecule has 0 aliphatic carbocycles. The van der Waals surface area contributed by atoms with Gasteiger partial charge in [0, 0.05) is 12.1 Å². The Kier molecular flexibility index (Phi) is 9.92. The topological polar surface area (TPSA) is 86.8 Å². The summed E-state index contributed by atoms with van der Waals surface area (Å²) in [7, 11) is -4.06. The fourth-order valence-electron chi connectivity index (χ4n) is 4.19. The average molecular weight is 550 g/mol. The van der Waals surface area contributed by atoms with Crippen molar-refractivity contribution < 1.29 is 18.0 Å². The minimum Gasteiger partial charge on any atom is -0.350 e. The Morgan fingerprint density at radius 1 is 0.846 bits per heavy atom. The quantitative estimate of drug-likeness (QED) is 0.372. The van der Waals surface area contributed by atoms with Gasteiger partial charge in [-0.15, -0.1) is 0 Å². The Morgan fingerprint density at radius 3 is 1.95 bits per heavy atom. The molecular weight excluding hydrogens is 510 g/mol. The second-order valence-electron chi connectivity index (χ2n) is 10.6. The summed E-state index contributed by atoms with van der Waals surface area (Å²) < 4.78 is 28.7. The van der Waals surface area contributed by atoms with Crippen LogP contribution in [0.4, 0.5) is 5.69 Å². The van der Waals surface area contributed by atoms with Gasteiger partial charge < -0.3 is 10.2 Å². The van der Waals surface area contributed by atoms with Crippen LogP contribution in [0.2, 0.25) is 0 Å². The maximum atomic E-state index is 13.9. The van der Waals surface area contributed by atoms with Crippen molar-refractivity contribution in [3.8, 4) is 0 Å². The standard InChI is InChI=1S/C31H39N3O4S/c1-6-25-17-19-27(20-18-25)34(39(37,38)28-15-11-8-12-16-28)23-29(35)33(22-21-26-13-9-7-10-14-26)24(2)30(36)32-31(3,4)5/h7-20,24H,6,21-23H2,1-5H3,(H,32,36)/t24-/m0/s1. The predicted octanol–water partition coefficient (Wildman–Crippen LogP) is 4.82. The lowest BCUT2D eigenvalue weighted by atomic mass is 10.1. The van der Waals surface area contributed by atoms with Crippen molar-refractivity contribution >= 4 is 27.5 Å². The molecule has 0 heterocycles. The van der Waals surface area contributed by atoms with Crippen LogP contribution in [0.5, 0.6) is 0 Å². The second-order valence-corrected chi connectivity index (χ2v) is 12.4. The lowest BCUT2D eigenvalue weighted by Crippen LogP contribution is -2.55. The van der Waals surface area contributed by atoms with E-state index in [-0.39, 0.29) is 17.3 Å². The third-order valence-electron chi connectivity index (χ3n) is 6.39. The predicted molar refractivity (Wildman–Crippen MR) is 156 cm³/mol. The molecule has 0 saturated heterocycles. The van der Waals surface area contributed by atoms with Crippen molar-refractivity contribution in [2.75, 3.05) is 17.4 Å². The Morgan fingerprint density at radius 2 is 1.41 bits per heavy atom. The SMILES string of the molecule is CCc1ccc(N(CC(=O)N(CCc2ccccc2)[C@@H](C)C(=O)NC(C)(C)C)S(=O)(=O)c2ccccc2)cc1. The molecule has 0 aliphatic heterocycles. The van der Waals surface area contributed by atoms with E-state index in [9.17, 15) is 18.0 Å².